The molecule has 0 aliphatic carbocycles. The number of allylic oxidation sites excluding steroid dienone is 1. The van der Waals surface area contributed by atoms with E-state index in [1.165, 1.54) is 34.2 Å². The largest absolute Gasteiger partial charge is 0.515 e. The lowest BCUT2D eigenvalue weighted by atomic mass is 10.1. The third-order valence-electron chi connectivity index (χ3n) is 3.67. The average Bonchev–Trinajstić information content (AvgIpc) is 2.54. The summed E-state index contributed by atoms with van der Waals surface area (Å²) in [6, 6.07) is 0. The van der Waals surface area contributed by atoms with Crippen LogP contribution >= 0.6 is 0 Å². The monoisotopic (exact) mass is 330 g/mol. The minimum atomic E-state index is -3.06. The summed E-state index contributed by atoms with van der Waals surface area (Å²) in [6.07, 6.45) is 10.2. The van der Waals surface area contributed by atoms with E-state index < -0.39 is 20.3 Å². The van der Waals surface area contributed by atoms with Gasteiger partial charge in [-0.25, -0.2) is 0 Å². The van der Waals surface area contributed by atoms with Gasteiger partial charge in [0.15, 0.2) is 0 Å². The molecule has 0 N–H and O–H groups in total. The van der Waals surface area contributed by atoms with Gasteiger partial charge in [-0.05, 0) is 19.3 Å². The third-order valence-corrected chi connectivity index (χ3v) is 6.75. The molecule has 1 atom stereocenters. The summed E-state index contributed by atoms with van der Waals surface area (Å²) in [5.41, 5.74) is -0.529. The van der Waals surface area contributed by atoms with Crippen molar-refractivity contribution in [3.63, 3.8) is 0 Å². The van der Waals surface area contributed by atoms with Gasteiger partial charge in [-0.3, -0.25) is 4.79 Å². The highest BCUT2D eigenvalue weighted by atomic mass is 28.4. The second-order valence-electron chi connectivity index (χ2n) is 5.01. The van der Waals surface area contributed by atoms with E-state index in [9.17, 15) is 4.79 Å². The zero-order chi connectivity index (χ0) is 16.8. The van der Waals surface area contributed by atoms with Crippen LogP contribution in [0.5, 0.6) is 0 Å². The molecular weight excluding hydrogens is 300 g/mol. The van der Waals surface area contributed by atoms with Gasteiger partial charge in [-0.1, -0.05) is 38.3 Å². The smallest absolute Gasteiger partial charge is 0.435 e. The van der Waals surface area contributed by atoms with Crippen molar-refractivity contribution in [1.29, 1.82) is 0 Å². The molecule has 0 radical (unpaired) electrons. The molecule has 1 unspecified atom stereocenters. The van der Waals surface area contributed by atoms with Gasteiger partial charge >= 0.3 is 14.8 Å². The lowest BCUT2D eigenvalue weighted by Gasteiger charge is -2.30. The molecule has 6 heteroatoms. The first-order valence-electron chi connectivity index (χ1n) is 7.69. The molecule has 0 spiro atoms. The maximum absolute atomic E-state index is 12.2. The van der Waals surface area contributed by atoms with Gasteiger partial charge in [0, 0.05) is 21.3 Å². The first-order valence-corrected chi connectivity index (χ1v) is 9.49. The fraction of sp³-hybridized carbons (Fsp3) is 0.688. The lowest BCUT2D eigenvalue weighted by Crippen LogP contribution is -2.50. The summed E-state index contributed by atoms with van der Waals surface area (Å²) in [5, 5.41) is 0. The first kappa shape index (κ1) is 21.0. The van der Waals surface area contributed by atoms with Gasteiger partial charge in [0.1, 0.15) is 5.54 Å². The van der Waals surface area contributed by atoms with Crippen LogP contribution in [0, 0.1) is 0 Å². The van der Waals surface area contributed by atoms with Crippen LogP contribution in [0.2, 0.25) is 5.54 Å². The van der Waals surface area contributed by atoms with E-state index >= 15 is 0 Å². The van der Waals surface area contributed by atoms with E-state index in [1.807, 2.05) is 6.08 Å². The molecule has 0 aromatic rings. The molecule has 0 rings (SSSR count). The number of carbonyl (C=O) groups excluding carboxylic acids is 1. The molecule has 0 amide bonds. The molecule has 0 fully saturated rings. The van der Waals surface area contributed by atoms with Gasteiger partial charge < -0.3 is 18.0 Å². The number of carbonyl (C=O) groups is 1. The van der Waals surface area contributed by atoms with Gasteiger partial charge in [0.05, 0.1) is 6.26 Å². The number of ether oxygens (including phenoxy) is 1. The van der Waals surface area contributed by atoms with Crippen LogP contribution in [0.15, 0.2) is 25.5 Å². The Kier molecular flexibility index (Phi) is 12.0. The molecule has 0 bridgehead atoms. The summed E-state index contributed by atoms with van der Waals surface area (Å²) in [4.78, 5) is 12.2. The van der Waals surface area contributed by atoms with Crippen LogP contribution in [0.3, 0.4) is 0 Å². The van der Waals surface area contributed by atoms with Gasteiger partial charge in [0.2, 0.25) is 0 Å². The quantitative estimate of drug-likeness (QED) is 0.159. The molecule has 128 valence electrons. The highest BCUT2D eigenvalue weighted by molar-refractivity contribution is 6.66. The maximum atomic E-state index is 12.2. The van der Waals surface area contributed by atoms with Crippen LogP contribution < -0.4 is 0 Å². The molecule has 0 aromatic heterocycles. The summed E-state index contributed by atoms with van der Waals surface area (Å²) in [6.45, 7) is 7.14. The van der Waals surface area contributed by atoms with Gasteiger partial charge in [-0.15, -0.1) is 6.58 Å². The molecule has 0 aliphatic rings. The fourth-order valence-electron chi connectivity index (χ4n) is 2.45. The Bertz CT molecular complexity index is 320. The van der Waals surface area contributed by atoms with Crippen molar-refractivity contribution in [2.75, 3.05) is 21.3 Å². The van der Waals surface area contributed by atoms with E-state index in [0.29, 0.717) is 6.42 Å². The number of unbranched alkanes of at least 4 members (excludes halogenated alkanes) is 5. The molecule has 0 saturated heterocycles. The lowest BCUT2D eigenvalue weighted by molar-refractivity contribution is -0.139. The Morgan fingerprint density at radius 2 is 1.55 bits per heavy atom. The molecule has 0 heterocycles. The van der Waals surface area contributed by atoms with E-state index in [1.54, 1.807) is 0 Å². The SMILES string of the molecule is C=CCCCCCCCC(C(=O)OC=C)[Si](OC)(OC)OC. The van der Waals surface area contributed by atoms with Crippen molar-refractivity contribution >= 4 is 14.8 Å². The van der Waals surface area contributed by atoms with E-state index in [0.717, 1.165) is 31.9 Å². The Hall–Kier alpha value is -0.953. The number of rotatable bonds is 14. The summed E-state index contributed by atoms with van der Waals surface area (Å²) < 4.78 is 21.2. The molecule has 0 saturated carbocycles. The summed E-state index contributed by atoms with van der Waals surface area (Å²) in [7, 11) is 1.44. The van der Waals surface area contributed by atoms with Crippen molar-refractivity contribution < 1.29 is 22.8 Å². The summed E-state index contributed by atoms with van der Waals surface area (Å²) >= 11 is 0. The van der Waals surface area contributed by atoms with Crippen molar-refractivity contribution in [1.82, 2.24) is 0 Å². The van der Waals surface area contributed by atoms with Crippen molar-refractivity contribution in [2.45, 2.75) is 50.5 Å². The molecule has 5 nitrogen and oxygen atoms in total. The van der Waals surface area contributed by atoms with Crippen LogP contribution in [0.1, 0.15) is 44.9 Å². The van der Waals surface area contributed by atoms with E-state index in [-0.39, 0.29) is 0 Å². The molecule has 0 aliphatic heterocycles. The predicted molar refractivity (Wildman–Crippen MR) is 89.3 cm³/mol. The third kappa shape index (κ3) is 6.87. The minimum absolute atomic E-state index is 0.404. The van der Waals surface area contributed by atoms with Crippen molar-refractivity contribution in [3.8, 4) is 0 Å². The molecule has 22 heavy (non-hydrogen) atoms. The van der Waals surface area contributed by atoms with E-state index in [2.05, 4.69) is 13.2 Å². The van der Waals surface area contributed by atoms with Crippen LogP contribution in [0.25, 0.3) is 0 Å². The summed E-state index contributed by atoms with van der Waals surface area (Å²) in [5.74, 6) is -0.404. The first-order chi connectivity index (χ1) is 10.6. The van der Waals surface area contributed by atoms with Gasteiger partial charge in [-0.2, -0.15) is 0 Å². The van der Waals surface area contributed by atoms with E-state index in [4.69, 9.17) is 18.0 Å². The topological polar surface area (TPSA) is 54.0 Å². The van der Waals surface area contributed by atoms with Crippen LogP contribution in [-0.2, 0) is 22.8 Å². The number of hydrogen-bond donors (Lipinski definition) is 0. The van der Waals surface area contributed by atoms with Crippen LogP contribution in [0.4, 0.5) is 0 Å². The number of hydrogen-bond acceptors (Lipinski definition) is 5. The van der Waals surface area contributed by atoms with Gasteiger partial charge in [0.25, 0.3) is 0 Å². The highest BCUT2D eigenvalue weighted by Gasteiger charge is 2.51. The minimum Gasteiger partial charge on any atom is -0.435 e. The number of esters is 1. The second-order valence-corrected chi connectivity index (χ2v) is 8.13. The standard InChI is InChI=1S/C16H30O5Si/c1-6-8-9-10-11-12-13-14-15(16(17)21-7-2)22(18-3,19-4)20-5/h6-7,15H,1-2,8-14H2,3-5H3. The maximum Gasteiger partial charge on any atom is 0.515 e. The second kappa shape index (κ2) is 12.6. The Morgan fingerprint density at radius 1 is 1.00 bits per heavy atom. The Morgan fingerprint density at radius 3 is 2.05 bits per heavy atom. The molecular formula is C16H30O5Si. The average molecular weight is 330 g/mol. The highest BCUT2D eigenvalue weighted by Crippen LogP contribution is 2.31. The molecule has 0 aromatic carbocycles. The zero-order valence-corrected chi connectivity index (χ0v) is 15.1. The van der Waals surface area contributed by atoms with Crippen molar-refractivity contribution in [3.05, 3.63) is 25.5 Å². The fourth-order valence-corrected chi connectivity index (χ4v) is 4.72. The Labute approximate surface area is 135 Å². The van der Waals surface area contributed by atoms with Crippen LogP contribution in [-0.4, -0.2) is 36.1 Å². The normalized spacial score (nSPS) is 12.7. The predicted octanol–water partition coefficient (Wildman–Crippen LogP) is 3.84. The van der Waals surface area contributed by atoms with Crippen molar-refractivity contribution in [2.24, 2.45) is 0 Å². The zero-order valence-electron chi connectivity index (χ0n) is 14.1. The Balaban J connectivity index is 4.51.